The van der Waals surface area contributed by atoms with Gasteiger partial charge in [-0.1, -0.05) is 18.1 Å². The summed E-state index contributed by atoms with van der Waals surface area (Å²) >= 11 is 0. The molecule has 1 aromatic carbocycles. The largest absolute Gasteiger partial charge is 0.378 e. The van der Waals surface area contributed by atoms with Crippen molar-refractivity contribution in [2.75, 3.05) is 50.1 Å². The summed E-state index contributed by atoms with van der Waals surface area (Å²) < 4.78 is 5.17. The molecule has 0 atom stereocenters. The molecule has 1 amide bonds. The first kappa shape index (κ1) is 19.9. The second-order valence-corrected chi connectivity index (χ2v) is 7.49. The quantitative estimate of drug-likeness (QED) is 0.645. The van der Waals surface area contributed by atoms with E-state index in [1.165, 1.54) is 0 Å². The summed E-state index contributed by atoms with van der Waals surface area (Å²) in [4.78, 5) is 27.9. The Balaban J connectivity index is 1.38. The molecule has 30 heavy (non-hydrogen) atoms. The number of nitrogens with zero attached hydrogens (tertiary/aromatic N) is 6. The zero-order valence-corrected chi connectivity index (χ0v) is 17.6. The molecule has 0 bridgehead atoms. The Morgan fingerprint density at radius 1 is 1.13 bits per heavy atom. The fourth-order valence-corrected chi connectivity index (χ4v) is 3.46. The minimum absolute atomic E-state index is 0.0745. The minimum atomic E-state index is 0.0745. The highest BCUT2D eigenvalue weighted by Crippen LogP contribution is 2.21. The number of carbonyl (C=O) groups excluding carboxylic acids is 1. The fraction of sp³-hybridized carbons (Fsp3) is 0.364. The van der Waals surface area contributed by atoms with Crippen LogP contribution in [0.3, 0.4) is 0 Å². The van der Waals surface area contributed by atoms with Crippen LogP contribution in [0.2, 0.25) is 0 Å². The number of aromatic nitrogens is 3. The van der Waals surface area contributed by atoms with Crippen LogP contribution in [0.1, 0.15) is 23.2 Å². The molecule has 3 aromatic rings. The monoisotopic (exact) mass is 406 g/mol. The Bertz CT molecular complexity index is 1010. The summed E-state index contributed by atoms with van der Waals surface area (Å²) in [6.45, 7) is 4.79. The molecule has 0 spiro atoms. The number of aryl methyl sites for hydroxylation is 1. The van der Waals surface area contributed by atoms with E-state index in [0.717, 1.165) is 35.7 Å². The van der Waals surface area contributed by atoms with Crippen LogP contribution in [0.4, 0.5) is 11.5 Å². The first-order valence-corrected chi connectivity index (χ1v) is 10.2. The van der Waals surface area contributed by atoms with Crippen molar-refractivity contribution in [2.45, 2.75) is 13.3 Å². The number of piperazine rings is 1. The van der Waals surface area contributed by atoms with E-state index < -0.39 is 0 Å². The summed E-state index contributed by atoms with van der Waals surface area (Å²) in [5, 5.41) is 3.99. The van der Waals surface area contributed by atoms with Gasteiger partial charge in [0.15, 0.2) is 0 Å². The summed E-state index contributed by atoms with van der Waals surface area (Å²) in [7, 11) is 3.95. The average Bonchev–Trinajstić information content (AvgIpc) is 3.28. The van der Waals surface area contributed by atoms with Gasteiger partial charge in [0.1, 0.15) is 5.82 Å². The SMILES string of the molecule is CCc1nc(-c2ccc(N3CCN(C(=O)c4cccc(N(C)C)c4)CC3)nc2)no1. The topological polar surface area (TPSA) is 78.6 Å². The van der Waals surface area contributed by atoms with E-state index in [9.17, 15) is 4.79 Å². The molecular formula is C22H26N6O2. The number of amides is 1. The number of anilines is 2. The maximum absolute atomic E-state index is 12.9. The molecule has 8 nitrogen and oxygen atoms in total. The van der Waals surface area contributed by atoms with Crippen LogP contribution in [0.25, 0.3) is 11.4 Å². The van der Waals surface area contributed by atoms with Crippen LogP contribution >= 0.6 is 0 Å². The summed E-state index contributed by atoms with van der Waals surface area (Å²) in [5.41, 5.74) is 2.58. The van der Waals surface area contributed by atoms with Crippen molar-refractivity contribution in [1.29, 1.82) is 0 Å². The van der Waals surface area contributed by atoms with E-state index in [1.54, 1.807) is 6.20 Å². The van der Waals surface area contributed by atoms with Crippen molar-refractivity contribution in [3.05, 3.63) is 54.0 Å². The fourth-order valence-electron chi connectivity index (χ4n) is 3.46. The van der Waals surface area contributed by atoms with Gasteiger partial charge in [-0.25, -0.2) is 4.98 Å². The van der Waals surface area contributed by atoms with Gasteiger partial charge in [0.05, 0.1) is 0 Å². The summed E-state index contributed by atoms with van der Waals surface area (Å²) in [6.07, 6.45) is 2.48. The normalized spacial score (nSPS) is 14.1. The molecule has 0 saturated carbocycles. The summed E-state index contributed by atoms with van der Waals surface area (Å²) in [6, 6.07) is 11.7. The molecule has 1 saturated heterocycles. The van der Waals surface area contributed by atoms with E-state index in [-0.39, 0.29) is 5.91 Å². The van der Waals surface area contributed by atoms with E-state index in [1.807, 2.05) is 67.2 Å². The number of hydrogen-bond acceptors (Lipinski definition) is 7. The third-order valence-electron chi connectivity index (χ3n) is 5.28. The standard InChI is InChI=1S/C22H26N6O2/c1-4-20-24-21(25-30-20)17-8-9-19(23-15-17)27-10-12-28(13-11-27)22(29)16-6-5-7-18(14-16)26(2)3/h5-9,14-15H,4,10-13H2,1-3H3. The molecule has 0 unspecified atom stereocenters. The van der Waals surface area contributed by atoms with Gasteiger partial charge < -0.3 is 19.2 Å². The van der Waals surface area contributed by atoms with Crippen LogP contribution < -0.4 is 9.80 Å². The van der Waals surface area contributed by atoms with Gasteiger partial charge in [-0.2, -0.15) is 4.98 Å². The molecule has 0 N–H and O–H groups in total. The minimum Gasteiger partial charge on any atom is -0.378 e. The van der Waals surface area contributed by atoms with Crippen molar-refractivity contribution in [3.63, 3.8) is 0 Å². The lowest BCUT2D eigenvalue weighted by Crippen LogP contribution is -2.49. The van der Waals surface area contributed by atoms with E-state index >= 15 is 0 Å². The Morgan fingerprint density at radius 2 is 1.93 bits per heavy atom. The number of pyridine rings is 1. The van der Waals surface area contributed by atoms with Crippen molar-refractivity contribution >= 4 is 17.4 Å². The predicted molar refractivity (Wildman–Crippen MR) is 116 cm³/mol. The smallest absolute Gasteiger partial charge is 0.254 e. The van der Waals surface area contributed by atoms with Crippen LogP contribution in [0.15, 0.2) is 47.1 Å². The van der Waals surface area contributed by atoms with Crippen molar-refractivity contribution in [3.8, 4) is 11.4 Å². The molecular weight excluding hydrogens is 380 g/mol. The number of carbonyl (C=O) groups is 1. The molecule has 1 aliphatic rings. The van der Waals surface area contributed by atoms with Crippen molar-refractivity contribution in [2.24, 2.45) is 0 Å². The Labute approximate surface area is 176 Å². The van der Waals surface area contributed by atoms with E-state index in [0.29, 0.717) is 31.2 Å². The molecule has 2 aromatic heterocycles. The highest BCUT2D eigenvalue weighted by molar-refractivity contribution is 5.95. The van der Waals surface area contributed by atoms with Gasteiger partial charge in [0, 0.05) is 69.7 Å². The maximum atomic E-state index is 12.9. The maximum Gasteiger partial charge on any atom is 0.254 e. The van der Waals surface area contributed by atoms with Crippen molar-refractivity contribution in [1.82, 2.24) is 20.0 Å². The Hall–Kier alpha value is -3.42. The van der Waals surface area contributed by atoms with Gasteiger partial charge in [0.25, 0.3) is 5.91 Å². The predicted octanol–water partition coefficient (Wildman–Crippen LogP) is 2.72. The zero-order chi connectivity index (χ0) is 21.1. The third-order valence-corrected chi connectivity index (χ3v) is 5.28. The highest BCUT2D eigenvalue weighted by Gasteiger charge is 2.23. The molecule has 0 radical (unpaired) electrons. The lowest BCUT2D eigenvalue weighted by atomic mass is 10.1. The molecule has 8 heteroatoms. The lowest BCUT2D eigenvalue weighted by Gasteiger charge is -2.35. The van der Waals surface area contributed by atoms with Gasteiger partial charge in [-0.15, -0.1) is 0 Å². The number of benzene rings is 1. The van der Waals surface area contributed by atoms with Crippen LogP contribution in [-0.2, 0) is 6.42 Å². The first-order valence-electron chi connectivity index (χ1n) is 10.2. The van der Waals surface area contributed by atoms with Crippen LogP contribution in [0, 0.1) is 0 Å². The molecule has 1 aliphatic heterocycles. The molecule has 3 heterocycles. The second-order valence-electron chi connectivity index (χ2n) is 7.49. The third kappa shape index (κ3) is 4.12. The van der Waals surface area contributed by atoms with Gasteiger partial charge >= 0.3 is 0 Å². The van der Waals surface area contributed by atoms with E-state index in [4.69, 9.17) is 4.52 Å². The molecule has 156 valence electrons. The van der Waals surface area contributed by atoms with Crippen LogP contribution in [0.5, 0.6) is 0 Å². The first-order chi connectivity index (χ1) is 14.5. The molecule has 1 fully saturated rings. The van der Waals surface area contributed by atoms with Gasteiger partial charge in [-0.05, 0) is 30.3 Å². The van der Waals surface area contributed by atoms with Gasteiger partial charge in [0.2, 0.25) is 11.7 Å². The molecule has 0 aliphatic carbocycles. The van der Waals surface area contributed by atoms with Gasteiger partial charge in [-0.3, -0.25) is 4.79 Å². The van der Waals surface area contributed by atoms with Crippen LogP contribution in [-0.4, -0.2) is 66.2 Å². The van der Waals surface area contributed by atoms with Crippen molar-refractivity contribution < 1.29 is 9.32 Å². The Kier molecular flexibility index (Phi) is 5.65. The number of rotatable bonds is 5. The summed E-state index contributed by atoms with van der Waals surface area (Å²) in [5.74, 6) is 2.14. The second kappa shape index (κ2) is 8.52. The van der Waals surface area contributed by atoms with E-state index in [2.05, 4.69) is 20.0 Å². The zero-order valence-electron chi connectivity index (χ0n) is 17.6. The Morgan fingerprint density at radius 3 is 2.57 bits per heavy atom. The number of hydrogen-bond donors (Lipinski definition) is 0. The molecule has 4 rings (SSSR count). The average molecular weight is 406 g/mol. The lowest BCUT2D eigenvalue weighted by molar-refractivity contribution is 0.0746. The highest BCUT2D eigenvalue weighted by atomic mass is 16.5.